The van der Waals surface area contributed by atoms with E-state index in [4.69, 9.17) is 0 Å². The molecule has 0 fully saturated rings. The van der Waals surface area contributed by atoms with E-state index in [0.29, 0.717) is 16.9 Å². The molecule has 0 amide bonds. The summed E-state index contributed by atoms with van der Waals surface area (Å²) in [5, 5.41) is 9.58. The van der Waals surface area contributed by atoms with Gasteiger partial charge in [-0.25, -0.2) is 4.98 Å². The highest BCUT2D eigenvalue weighted by Gasteiger charge is 2.14. The van der Waals surface area contributed by atoms with Crippen LogP contribution in [0.15, 0.2) is 23.0 Å². The van der Waals surface area contributed by atoms with Gasteiger partial charge in [-0.15, -0.1) is 0 Å². The molecule has 0 aliphatic carbocycles. The second-order valence-corrected chi connectivity index (χ2v) is 3.95. The van der Waals surface area contributed by atoms with Gasteiger partial charge in [-0.1, -0.05) is 6.07 Å². The molecule has 84 valence electrons. The minimum atomic E-state index is -0.795. The van der Waals surface area contributed by atoms with Crippen molar-refractivity contribution >= 4 is 5.65 Å². The monoisotopic (exact) mass is 218 g/mol. The first-order valence-electron chi connectivity index (χ1n) is 5.19. The van der Waals surface area contributed by atoms with E-state index in [2.05, 4.69) is 4.98 Å². The van der Waals surface area contributed by atoms with Crippen LogP contribution >= 0.6 is 0 Å². The standard InChI is InChI=1S/C12H14N2O2/c1-7-5-4-6-10-13-8(2)11(9(3)15)12(16)14(7)10/h4-6,9,15H,1-3H3. The highest BCUT2D eigenvalue weighted by atomic mass is 16.3. The molecule has 0 aliphatic rings. The highest BCUT2D eigenvalue weighted by molar-refractivity contribution is 5.42. The van der Waals surface area contributed by atoms with Crippen LogP contribution in [-0.2, 0) is 0 Å². The SMILES string of the molecule is Cc1nc2cccc(C)n2c(=O)c1C(C)O. The molecule has 1 N–H and O–H groups in total. The van der Waals surface area contributed by atoms with Gasteiger partial charge in [0.05, 0.1) is 17.4 Å². The van der Waals surface area contributed by atoms with E-state index in [1.807, 2.05) is 19.1 Å². The molecule has 0 radical (unpaired) electrons. The molecule has 0 saturated carbocycles. The molecule has 0 spiro atoms. The van der Waals surface area contributed by atoms with E-state index in [0.717, 1.165) is 5.69 Å². The molecule has 0 bridgehead atoms. The first kappa shape index (κ1) is 10.8. The predicted molar refractivity (Wildman–Crippen MR) is 61.6 cm³/mol. The Morgan fingerprint density at radius 1 is 1.38 bits per heavy atom. The lowest BCUT2D eigenvalue weighted by Gasteiger charge is -2.11. The fraction of sp³-hybridized carbons (Fsp3) is 0.333. The Labute approximate surface area is 93.2 Å². The van der Waals surface area contributed by atoms with E-state index in [1.54, 1.807) is 19.9 Å². The van der Waals surface area contributed by atoms with Gasteiger partial charge in [0.1, 0.15) is 5.65 Å². The van der Waals surface area contributed by atoms with Crippen LogP contribution in [0.1, 0.15) is 30.0 Å². The first-order chi connectivity index (χ1) is 7.52. The summed E-state index contributed by atoms with van der Waals surface area (Å²) in [6.45, 7) is 5.17. The van der Waals surface area contributed by atoms with Gasteiger partial charge in [0.2, 0.25) is 0 Å². The minimum Gasteiger partial charge on any atom is -0.388 e. The van der Waals surface area contributed by atoms with E-state index < -0.39 is 6.10 Å². The topological polar surface area (TPSA) is 54.6 Å². The van der Waals surface area contributed by atoms with Gasteiger partial charge in [0, 0.05) is 5.69 Å². The van der Waals surface area contributed by atoms with Crippen molar-refractivity contribution in [3.63, 3.8) is 0 Å². The Hall–Kier alpha value is -1.68. The Balaban J connectivity index is 2.97. The van der Waals surface area contributed by atoms with Crippen molar-refractivity contribution in [1.29, 1.82) is 0 Å². The molecule has 1 unspecified atom stereocenters. The van der Waals surface area contributed by atoms with Crippen LogP contribution in [0.2, 0.25) is 0 Å². The summed E-state index contributed by atoms with van der Waals surface area (Å²) < 4.78 is 1.52. The van der Waals surface area contributed by atoms with Crippen LogP contribution in [0, 0.1) is 13.8 Å². The third-order valence-electron chi connectivity index (χ3n) is 2.69. The Bertz CT molecular complexity index is 600. The quantitative estimate of drug-likeness (QED) is 0.786. The van der Waals surface area contributed by atoms with Gasteiger partial charge in [0.15, 0.2) is 0 Å². The molecule has 4 heteroatoms. The third kappa shape index (κ3) is 1.51. The van der Waals surface area contributed by atoms with Crippen molar-refractivity contribution in [3.05, 3.63) is 45.5 Å². The summed E-state index contributed by atoms with van der Waals surface area (Å²) in [7, 11) is 0. The smallest absolute Gasteiger partial charge is 0.264 e. The maximum absolute atomic E-state index is 12.2. The van der Waals surface area contributed by atoms with Crippen LogP contribution < -0.4 is 5.56 Å². The lowest BCUT2D eigenvalue weighted by atomic mass is 10.1. The van der Waals surface area contributed by atoms with Gasteiger partial charge in [-0.3, -0.25) is 9.20 Å². The minimum absolute atomic E-state index is 0.185. The fourth-order valence-electron chi connectivity index (χ4n) is 1.94. The number of pyridine rings is 1. The Morgan fingerprint density at radius 2 is 2.06 bits per heavy atom. The zero-order chi connectivity index (χ0) is 11.9. The zero-order valence-electron chi connectivity index (χ0n) is 9.56. The van der Waals surface area contributed by atoms with Crippen molar-refractivity contribution in [2.75, 3.05) is 0 Å². The van der Waals surface area contributed by atoms with E-state index in [-0.39, 0.29) is 5.56 Å². The number of aliphatic hydroxyl groups excluding tert-OH is 1. The van der Waals surface area contributed by atoms with Crippen molar-refractivity contribution in [2.24, 2.45) is 0 Å². The number of hydrogen-bond acceptors (Lipinski definition) is 3. The molecule has 1 atom stereocenters. The van der Waals surface area contributed by atoms with Crippen LogP contribution in [0.25, 0.3) is 5.65 Å². The second-order valence-electron chi connectivity index (χ2n) is 3.95. The summed E-state index contributed by atoms with van der Waals surface area (Å²) in [4.78, 5) is 16.5. The van der Waals surface area contributed by atoms with Crippen LogP contribution in [-0.4, -0.2) is 14.5 Å². The number of nitrogens with zero attached hydrogens (tertiary/aromatic N) is 2. The average molecular weight is 218 g/mol. The molecule has 0 saturated heterocycles. The number of fused-ring (bicyclic) bond motifs is 1. The molecular weight excluding hydrogens is 204 g/mol. The summed E-state index contributed by atoms with van der Waals surface area (Å²) >= 11 is 0. The van der Waals surface area contributed by atoms with Gasteiger partial charge in [0.25, 0.3) is 5.56 Å². The summed E-state index contributed by atoms with van der Waals surface area (Å²) in [5.74, 6) is 0. The number of rotatable bonds is 1. The maximum atomic E-state index is 12.2. The van der Waals surface area contributed by atoms with E-state index in [9.17, 15) is 9.90 Å². The zero-order valence-corrected chi connectivity index (χ0v) is 9.56. The fourth-order valence-corrected chi connectivity index (χ4v) is 1.94. The lowest BCUT2D eigenvalue weighted by Crippen LogP contribution is -2.24. The molecule has 0 aliphatic heterocycles. The highest BCUT2D eigenvalue weighted by Crippen LogP contribution is 2.12. The maximum Gasteiger partial charge on any atom is 0.264 e. The average Bonchev–Trinajstić information content (AvgIpc) is 2.15. The van der Waals surface area contributed by atoms with E-state index in [1.165, 1.54) is 4.40 Å². The van der Waals surface area contributed by atoms with Crippen molar-refractivity contribution in [2.45, 2.75) is 26.9 Å². The molecule has 2 aromatic heterocycles. The summed E-state index contributed by atoms with van der Waals surface area (Å²) in [6.07, 6.45) is -0.795. The molecule has 2 heterocycles. The van der Waals surface area contributed by atoms with Crippen LogP contribution in [0.5, 0.6) is 0 Å². The van der Waals surface area contributed by atoms with Crippen molar-refractivity contribution < 1.29 is 5.11 Å². The lowest BCUT2D eigenvalue weighted by molar-refractivity contribution is 0.196. The second kappa shape index (κ2) is 3.72. The van der Waals surface area contributed by atoms with Crippen LogP contribution in [0.3, 0.4) is 0 Å². The molecule has 16 heavy (non-hydrogen) atoms. The molecule has 4 nitrogen and oxygen atoms in total. The number of hydrogen-bond donors (Lipinski definition) is 1. The molecular formula is C12H14N2O2. The molecule has 2 aromatic rings. The van der Waals surface area contributed by atoms with Gasteiger partial charge < -0.3 is 5.11 Å². The van der Waals surface area contributed by atoms with Crippen molar-refractivity contribution in [1.82, 2.24) is 9.38 Å². The predicted octanol–water partition coefficient (Wildman–Crippen LogP) is 1.36. The van der Waals surface area contributed by atoms with E-state index >= 15 is 0 Å². The Morgan fingerprint density at radius 3 is 2.69 bits per heavy atom. The Kier molecular flexibility index (Phi) is 2.52. The van der Waals surface area contributed by atoms with Gasteiger partial charge in [-0.05, 0) is 32.9 Å². The number of aliphatic hydroxyl groups is 1. The largest absolute Gasteiger partial charge is 0.388 e. The first-order valence-corrected chi connectivity index (χ1v) is 5.19. The number of aryl methyl sites for hydroxylation is 2. The summed E-state index contributed by atoms with van der Waals surface area (Å²) in [5.41, 5.74) is 2.21. The van der Waals surface area contributed by atoms with Gasteiger partial charge in [-0.2, -0.15) is 0 Å². The summed E-state index contributed by atoms with van der Waals surface area (Å²) in [6, 6.07) is 5.49. The number of aromatic nitrogens is 2. The normalized spacial score (nSPS) is 13.0. The molecule has 2 rings (SSSR count). The van der Waals surface area contributed by atoms with Gasteiger partial charge >= 0.3 is 0 Å². The van der Waals surface area contributed by atoms with Crippen molar-refractivity contribution in [3.8, 4) is 0 Å². The third-order valence-corrected chi connectivity index (χ3v) is 2.69. The molecule has 0 aromatic carbocycles. The van der Waals surface area contributed by atoms with Crippen LogP contribution in [0.4, 0.5) is 0 Å².